The van der Waals surface area contributed by atoms with E-state index in [0.717, 1.165) is 17.8 Å². The van der Waals surface area contributed by atoms with Crippen LogP contribution in [-0.4, -0.2) is 29.4 Å². The molecule has 0 saturated heterocycles. The minimum absolute atomic E-state index is 0.0252. The van der Waals surface area contributed by atoms with Crippen molar-refractivity contribution in [2.75, 3.05) is 17.6 Å². The first kappa shape index (κ1) is 17.5. The Morgan fingerprint density at radius 1 is 1.24 bits per heavy atom. The lowest BCUT2D eigenvalue weighted by Crippen LogP contribution is -2.47. The normalized spacial score (nSPS) is 13.0. The quantitative estimate of drug-likeness (QED) is 0.791. The summed E-state index contributed by atoms with van der Waals surface area (Å²) in [5.74, 6) is 0.554. The van der Waals surface area contributed by atoms with E-state index in [9.17, 15) is 4.79 Å². The minimum atomic E-state index is -0.163. The van der Waals surface area contributed by atoms with Crippen LogP contribution in [0.2, 0.25) is 0 Å². The van der Waals surface area contributed by atoms with Crippen LogP contribution in [0.3, 0.4) is 0 Å². The van der Waals surface area contributed by atoms with Crippen LogP contribution in [0.15, 0.2) is 18.2 Å². The largest absolute Gasteiger partial charge is 0.399 e. The molecule has 3 N–H and O–H groups in total. The molecule has 118 valence electrons. The summed E-state index contributed by atoms with van der Waals surface area (Å²) in [4.78, 5) is 14.7. The van der Waals surface area contributed by atoms with Crippen LogP contribution in [0.5, 0.6) is 0 Å². The summed E-state index contributed by atoms with van der Waals surface area (Å²) >= 11 is 0. The fraction of sp³-hybridized carbons (Fsp3) is 0.588. The summed E-state index contributed by atoms with van der Waals surface area (Å²) in [6.45, 7) is 13.4. The van der Waals surface area contributed by atoms with Crippen molar-refractivity contribution in [3.05, 3.63) is 23.8 Å². The Hall–Kier alpha value is -1.55. The maximum absolute atomic E-state index is 12.5. The fourth-order valence-corrected chi connectivity index (χ4v) is 2.45. The highest BCUT2D eigenvalue weighted by molar-refractivity contribution is 5.95. The lowest BCUT2D eigenvalue weighted by Gasteiger charge is -2.33. The predicted molar refractivity (Wildman–Crippen MR) is 90.4 cm³/mol. The maximum atomic E-state index is 12.5. The number of nitrogen functional groups attached to an aromatic ring is 1. The van der Waals surface area contributed by atoms with Gasteiger partial charge in [-0.25, -0.2) is 0 Å². The molecule has 0 aromatic heterocycles. The summed E-state index contributed by atoms with van der Waals surface area (Å²) in [6, 6.07) is 5.71. The molecule has 1 rings (SSSR count). The van der Waals surface area contributed by atoms with Crippen LogP contribution < -0.4 is 11.1 Å². The molecule has 0 aliphatic heterocycles. The van der Waals surface area contributed by atoms with Crippen LogP contribution in [0, 0.1) is 12.8 Å². The molecule has 1 aromatic carbocycles. The smallest absolute Gasteiger partial charge is 0.241 e. The van der Waals surface area contributed by atoms with Crippen LogP contribution in [0.1, 0.15) is 40.2 Å². The Kier molecular flexibility index (Phi) is 6.21. The SMILES string of the molecule is Cc1cc(N)ccc1NC(=O)C(C)N(CC(C)C)C(C)C. The summed E-state index contributed by atoms with van der Waals surface area (Å²) in [5.41, 5.74) is 8.26. The molecule has 21 heavy (non-hydrogen) atoms. The Labute approximate surface area is 128 Å². The molecule has 1 unspecified atom stereocenters. The number of nitrogens with one attached hydrogen (secondary N) is 1. The summed E-state index contributed by atoms with van der Waals surface area (Å²) in [6.07, 6.45) is 0. The van der Waals surface area contributed by atoms with E-state index in [-0.39, 0.29) is 11.9 Å². The molecule has 0 saturated carbocycles. The average Bonchev–Trinajstić information content (AvgIpc) is 2.37. The zero-order chi connectivity index (χ0) is 16.2. The highest BCUT2D eigenvalue weighted by atomic mass is 16.2. The Balaban J connectivity index is 2.81. The van der Waals surface area contributed by atoms with E-state index in [1.165, 1.54) is 0 Å². The van der Waals surface area contributed by atoms with E-state index >= 15 is 0 Å². The number of rotatable bonds is 6. The monoisotopic (exact) mass is 291 g/mol. The van der Waals surface area contributed by atoms with Crippen molar-refractivity contribution in [3.63, 3.8) is 0 Å². The van der Waals surface area contributed by atoms with E-state index in [1.54, 1.807) is 0 Å². The van der Waals surface area contributed by atoms with Crippen molar-refractivity contribution < 1.29 is 4.79 Å². The Morgan fingerprint density at radius 2 is 1.86 bits per heavy atom. The summed E-state index contributed by atoms with van der Waals surface area (Å²) < 4.78 is 0. The van der Waals surface area contributed by atoms with Crippen molar-refractivity contribution >= 4 is 17.3 Å². The van der Waals surface area contributed by atoms with Gasteiger partial charge in [-0.05, 0) is 57.4 Å². The number of aryl methyl sites for hydroxylation is 1. The minimum Gasteiger partial charge on any atom is -0.399 e. The van der Waals surface area contributed by atoms with Crippen LogP contribution in [-0.2, 0) is 4.79 Å². The zero-order valence-corrected chi connectivity index (χ0v) is 14.1. The molecule has 0 aliphatic rings. The number of hydrogen-bond donors (Lipinski definition) is 2. The zero-order valence-electron chi connectivity index (χ0n) is 14.1. The van der Waals surface area contributed by atoms with Gasteiger partial charge in [0.25, 0.3) is 0 Å². The van der Waals surface area contributed by atoms with Crippen LogP contribution >= 0.6 is 0 Å². The first-order valence-corrected chi connectivity index (χ1v) is 7.65. The molecule has 0 heterocycles. The molecule has 0 radical (unpaired) electrons. The number of anilines is 2. The van der Waals surface area contributed by atoms with E-state index in [2.05, 4.69) is 37.9 Å². The molecule has 1 amide bonds. The highest BCUT2D eigenvalue weighted by Gasteiger charge is 2.24. The topological polar surface area (TPSA) is 58.4 Å². The second-order valence-electron chi connectivity index (χ2n) is 6.42. The lowest BCUT2D eigenvalue weighted by molar-refractivity contribution is -0.121. The second kappa shape index (κ2) is 7.46. The van der Waals surface area contributed by atoms with E-state index in [0.29, 0.717) is 17.6 Å². The van der Waals surface area contributed by atoms with Crippen molar-refractivity contribution in [1.29, 1.82) is 0 Å². The standard InChI is InChI=1S/C17H29N3O/c1-11(2)10-20(12(3)4)14(6)17(21)19-16-8-7-15(18)9-13(16)5/h7-9,11-12,14H,10,18H2,1-6H3,(H,19,21). The molecule has 1 aromatic rings. The number of amides is 1. The molecular weight excluding hydrogens is 262 g/mol. The van der Waals surface area contributed by atoms with Gasteiger partial charge in [0.05, 0.1) is 6.04 Å². The van der Waals surface area contributed by atoms with Gasteiger partial charge in [0.1, 0.15) is 0 Å². The molecule has 4 nitrogen and oxygen atoms in total. The molecular formula is C17H29N3O. The molecule has 0 spiro atoms. The molecule has 4 heteroatoms. The van der Waals surface area contributed by atoms with Gasteiger partial charge in [-0.3, -0.25) is 9.69 Å². The first-order chi connectivity index (χ1) is 9.72. The van der Waals surface area contributed by atoms with Gasteiger partial charge in [0.15, 0.2) is 0 Å². The van der Waals surface area contributed by atoms with Gasteiger partial charge in [-0.2, -0.15) is 0 Å². The summed E-state index contributed by atoms with van der Waals surface area (Å²) in [7, 11) is 0. The number of nitrogens with two attached hydrogens (primary N) is 1. The van der Waals surface area contributed by atoms with Gasteiger partial charge in [0, 0.05) is 24.0 Å². The fourth-order valence-electron chi connectivity index (χ4n) is 2.45. The van der Waals surface area contributed by atoms with Crippen molar-refractivity contribution in [2.45, 2.75) is 53.6 Å². The van der Waals surface area contributed by atoms with Crippen LogP contribution in [0.25, 0.3) is 0 Å². The third-order valence-corrected chi connectivity index (χ3v) is 3.62. The van der Waals surface area contributed by atoms with E-state index in [4.69, 9.17) is 5.73 Å². The van der Waals surface area contributed by atoms with Gasteiger partial charge in [0.2, 0.25) is 5.91 Å². The molecule has 0 bridgehead atoms. The first-order valence-electron chi connectivity index (χ1n) is 7.65. The van der Waals surface area contributed by atoms with Crippen molar-refractivity contribution in [2.24, 2.45) is 5.92 Å². The van der Waals surface area contributed by atoms with Gasteiger partial charge in [-0.15, -0.1) is 0 Å². The Morgan fingerprint density at radius 3 is 2.33 bits per heavy atom. The highest BCUT2D eigenvalue weighted by Crippen LogP contribution is 2.19. The third kappa shape index (κ3) is 5.05. The van der Waals surface area contributed by atoms with Crippen LogP contribution in [0.4, 0.5) is 11.4 Å². The lowest BCUT2D eigenvalue weighted by atomic mass is 10.1. The number of carbonyl (C=O) groups is 1. The third-order valence-electron chi connectivity index (χ3n) is 3.62. The van der Waals surface area contributed by atoms with Crippen molar-refractivity contribution in [3.8, 4) is 0 Å². The molecule has 0 aliphatic carbocycles. The number of nitrogens with zero attached hydrogens (tertiary/aromatic N) is 1. The maximum Gasteiger partial charge on any atom is 0.241 e. The predicted octanol–water partition coefficient (Wildman–Crippen LogP) is 3.27. The van der Waals surface area contributed by atoms with E-state index in [1.807, 2.05) is 32.0 Å². The van der Waals surface area contributed by atoms with Gasteiger partial charge < -0.3 is 11.1 Å². The number of carbonyl (C=O) groups excluding carboxylic acids is 1. The second-order valence-corrected chi connectivity index (χ2v) is 6.42. The van der Waals surface area contributed by atoms with Crippen molar-refractivity contribution in [1.82, 2.24) is 4.90 Å². The van der Waals surface area contributed by atoms with E-state index < -0.39 is 0 Å². The number of benzene rings is 1. The van der Waals surface area contributed by atoms with Gasteiger partial charge in [-0.1, -0.05) is 13.8 Å². The average molecular weight is 291 g/mol. The van der Waals surface area contributed by atoms with Gasteiger partial charge >= 0.3 is 0 Å². The number of hydrogen-bond acceptors (Lipinski definition) is 3. The summed E-state index contributed by atoms with van der Waals surface area (Å²) in [5, 5.41) is 3.01. The molecule has 1 atom stereocenters. The molecule has 0 fully saturated rings. The Bertz CT molecular complexity index is 483.